The van der Waals surface area contributed by atoms with E-state index in [1.54, 1.807) is 0 Å². The molecule has 0 spiro atoms. The van der Waals surface area contributed by atoms with Gasteiger partial charge in [0.15, 0.2) is 0 Å². The minimum Gasteiger partial charge on any atom is -0.487 e. The fourth-order valence-electron chi connectivity index (χ4n) is 2.81. The summed E-state index contributed by atoms with van der Waals surface area (Å²) in [6.07, 6.45) is 0.111. The van der Waals surface area contributed by atoms with Crippen LogP contribution in [0.15, 0.2) is 52.9 Å². The average molecular weight is 365 g/mol. The SMILES string of the molecule is Cc1ccc(-c2nc(COc3ccc(C(C)CC(=O)O)cc3)c(C)o2)cc1. The maximum absolute atomic E-state index is 10.8. The number of aryl methyl sites for hydroxylation is 2. The van der Waals surface area contributed by atoms with Crippen LogP contribution in [0.4, 0.5) is 0 Å². The summed E-state index contributed by atoms with van der Waals surface area (Å²) in [6, 6.07) is 15.5. The lowest BCUT2D eigenvalue weighted by Crippen LogP contribution is -2.03. The second-order valence-electron chi connectivity index (χ2n) is 6.74. The highest BCUT2D eigenvalue weighted by molar-refractivity contribution is 5.68. The molecule has 1 aromatic heterocycles. The van der Waals surface area contributed by atoms with Gasteiger partial charge in [0.05, 0.1) is 6.42 Å². The Kier molecular flexibility index (Phi) is 5.60. The maximum atomic E-state index is 10.8. The summed E-state index contributed by atoms with van der Waals surface area (Å²) in [5.41, 5.74) is 3.86. The molecule has 0 fully saturated rings. The van der Waals surface area contributed by atoms with Crippen molar-refractivity contribution < 1.29 is 19.1 Å². The second-order valence-corrected chi connectivity index (χ2v) is 6.74. The van der Waals surface area contributed by atoms with E-state index in [1.165, 1.54) is 5.56 Å². The highest BCUT2D eigenvalue weighted by Gasteiger charge is 2.13. The fourth-order valence-corrected chi connectivity index (χ4v) is 2.81. The molecule has 0 aliphatic rings. The number of ether oxygens (including phenoxy) is 1. The quantitative estimate of drug-likeness (QED) is 0.629. The number of aliphatic carboxylic acids is 1. The number of rotatable bonds is 7. The lowest BCUT2D eigenvalue weighted by molar-refractivity contribution is -0.137. The number of aromatic nitrogens is 1. The molecule has 0 radical (unpaired) electrons. The summed E-state index contributed by atoms with van der Waals surface area (Å²) in [5.74, 6) is 1.20. The van der Waals surface area contributed by atoms with E-state index in [4.69, 9.17) is 14.3 Å². The van der Waals surface area contributed by atoms with Gasteiger partial charge in [-0.1, -0.05) is 36.8 Å². The molecular formula is C22H23NO4. The molecule has 0 saturated carbocycles. The second kappa shape index (κ2) is 8.08. The smallest absolute Gasteiger partial charge is 0.303 e. The Morgan fingerprint density at radius 2 is 1.78 bits per heavy atom. The minimum atomic E-state index is -0.797. The average Bonchev–Trinajstić information content (AvgIpc) is 3.01. The zero-order chi connectivity index (χ0) is 19.4. The van der Waals surface area contributed by atoms with Gasteiger partial charge in [-0.15, -0.1) is 0 Å². The molecule has 1 atom stereocenters. The number of carboxylic acids is 1. The Bertz CT molecular complexity index is 910. The van der Waals surface area contributed by atoms with Crippen LogP contribution < -0.4 is 4.74 Å². The lowest BCUT2D eigenvalue weighted by atomic mass is 9.98. The third kappa shape index (κ3) is 4.76. The first kappa shape index (κ1) is 18.7. The maximum Gasteiger partial charge on any atom is 0.303 e. The third-order valence-electron chi connectivity index (χ3n) is 4.50. The van der Waals surface area contributed by atoms with E-state index in [0.29, 0.717) is 18.2 Å². The first-order valence-electron chi connectivity index (χ1n) is 8.90. The predicted octanol–water partition coefficient (Wildman–Crippen LogP) is 5.12. The number of carboxylic acid groups (broad SMARTS) is 1. The van der Waals surface area contributed by atoms with Crippen LogP contribution in [-0.4, -0.2) is 16.1 Å². The first-order chi connectivity index (χ1) is 12.9. The van der Waals surface area contributed by atoms with Crippen molar-refractivity contribution >= 4 is 5.97 Å². The van der Waals surface area contributed by atoms with Gasteiger partial charge in [-0.3, -0.25) is 4.79 Å². The Hall–Kier alpha value is -3.08. The molecule has 1 N–H and O–H groups in total. The molecule has 0 bridgehead atoms. The van der Waals surface area contributed by atoms with Gasteiger partial charge in [0.1, 0.15) is 23.8 Å². The Balaban J connectivity index is 1.65. The summed E-state index contributed by atoms with van der Waals surface area (Å²) in [5, 5.41) is 8.89. The van der Waals surface area contributed by atoms with E-state index in [0.717, 1.165) is 22.6 Å². The summed E-state index contributed by atoms with van der Waals surface area (Å²) in [4.78, 5) is 15.4. The standard InChI is InChI=1S/C22H23NO4/c1-14-4-6-18(7-5-14)22-23-20(16(3)27-22)13-26-19-10-8-17(9-11-19)15(2)12-21(24)25/h4-11,15H,12-13H2,1-3H3,(H,24,25). The molecule has 0 amide bonds. The van der Waals surface area contributed by atoms with Crippen molar-refractivity contribution in [3.63, 3.8) is 0 Å². The van der Waals surface area contributed by atoms with E-state index < -0.39 is 5.97 Å². The van der Waals surface area contributed by atoms with E-state index in [1.807, 2.05) is 69.3 Å². The van der Waals surface area contributed by atoms with Crippen molar-refractivity contribution in [1.82, 2.24) is 4.98 Å². The van der Waals surface area contributed by atoms with Gasteiger partial charge in [-0.05, 0) is 49.6 Å². The molecule has 1 unspecified atom stereocenters. The first-order valence-corrected chi connectivity index (χ1v) is 8.90. The van der Waals surface area contributed by atoms with Crippen LogP contribution >= 0.6 is 0 Å². The predicted molar refractivity (Wildman–Crippen MR) is 103 cm³/mol. The number of nitrogens with zero attached hydrogens (tertiary/aromatic N) is 1. The van der Waals surface area contributed by atoms with Crippen LogP contribution in [-0.2, 0) is 11.4 Å². The monoisotopic (exact) mass is 365 g/mol. The number of hydrogen-bond donors (Lipinski definition) is 1. The molecular weight excluding hydrogens is 342 g/mol. The van der Waals surface area contributed by atoms with E-state index in [-0.39, 0.29) is 12.3 Å². The van der Waals surface area contributed by atoms with Crippen LogP contribution in [0.1, 0.15) is 41.8 Å². The third-order valence-corrected chi connectivity index (χ3v) is 4.50. The number of carbonyl (C=O) groups is 1. The van der Waals surface area contributed by atoms with E-state index in [2.05, 4.69) is 4.98 Å². The normalized spacial score (nSPS) is 12.0. The lowest BCUT2D eigenvalue weighted by Gasteiger charge is -2.10. The van der Waals surface area contributed by atoms with Crippen molar-refractivity contribution in [2.75, 3.05) is 0 Å². The van der Waals surface area contributed by atoms with Crippen LogP contribution in [0.25, 0.3) is 11.5 Å². The number of oxazole rings is 1. The zero-order valence-electron chi connectivity index (χ0n) is 15.7. The van der Waals surface area contributed by atoms with Gasteiger partial charge in [0.2, 0.25) is 5.89 Å². The molecule has 0 aliphatic heterocycles. The molecule has 27 heavy (non-hydrogen) atoms. The molecule has 5 heteroatoms. The summed E-state index contributed by atoms with van der Waals surface area (Å²) >= 11 is 0. The van der Waals surface area contributed by atoms with Gasteiger partial charge < -0.3 is 14.3 Å². The van der Waals surface area contributed by atoms with E-state index >= 15 is 0 Å². The van der Waals surface area contributed by atoms with Crippen molar-refractivity contribution in [2.24, 2.45) is 0 Å². The Labute approximate surface area is 158 Å². The Morgan fingerprint density at radius 1 is 1.11 bits per heavy atom. The fraction of sp³-hybridized carbons (Fsp3) is 0.273. The molecule has 0 saturated heterocycles. The summed E-state index contributed by atoms with van der Waals surface area (Å²) < 4.78 is 11.6. The molecule has 2 aromatic carbocycles. The molecule has 1 heterocycles. The minimum absolute atomic E-state index is 0.0357. The van der Waals surface area contributed by atoms with Gasteiger partial charge in [-0.2, -0.15) is 0 Å². The van der Waals surface area contributed by atoms with E-state index in [9.17, 15) is 4.79 Å². The van der Waals surface area contributed by atoms with Gasteiger partial charge in [-0.25, -0.2) is 4.98 Å². The van der Waals surface area contributed by atoms with Crippen molar-refractivity contribution in [1.29, 1.82) is 0 Å². The van der Waals surface area contributed by atoms with Gasteiger partial charge >= 0.3 is 5.97 Å². The molecule has 140 valence electrons. The highest BCUT2D eigenvalue weighted by Crippen LogP contribution is 2.25. The topological polar surface area (TPSA) is 72.6 Å². The summed E-state index contributed by atoms with van der Waals surface area (Å²) in [7, 11) is 0. The van der Waals surface area contributed by atoms with Crippen LogP contribution in [0, 0.1) is 13.8 Å². The molecule has 5 nitrogen and oxygen atoms in total. The van der Waals surface area contributed by atoms with Gasteiger partial charge in [0.25, 0.3) is 0 Å². The van der Waals surface area contributed by atoms with Crippen molar-refractivity contribution in [2.45, 2.75) is 39.7 Å². The molecule has 0 aliphatic carbocycles. The van der Waals surface area contributed by atoms with Crippen LogP contribution in [0.3, 0.4) is 0 Å². The summed E-state index contributed by atoms with van der Waals surface area (Å²) in [6.45, 7) is 6.12. The van der Waals surface area contributed by atoms with Gasteiger partial charge in [0, 0.05) is 5.56 Å². The van der Waals surface area contributed by atoms with Crippen LogP contribution in [0.2, 0.25) is 0 Å². The van der Waals surface area contributed by atoms with Crippen molar-refractivity contribution in [3.05, 3.63) is 71.1 Å². The Morgan fingerprint density at radius 3 is 2.41 bits per heavy atom. The number of hydrogen-bond acceptors (Lipinski definition) is 4. The van der Waals surface area contributed by atoms with Crippen LogP contribution in [0.5, 0.6) is 5.75 Å². The number of benzene rings is 2. The van der Waals surface area contributed by atoms with Crippen molar-refractivity contribution in [3.8, 4) is 17.2 Å². The largest absolute Gasteiger partial charge is 0.487 e. The molecule has 3 rings (SSSR count). The molecule has 3 aromatic rings. The zero-order valence-corrected chi connectivity index (χ0v) is 15.7. The highest BCUT2D eigenvalue weighted by atomic mass is 16.5.